The maximum Gasteiger partial charge on any atom is 0.111 e. The monoisotopic (exact) mass is 158 g/mol. The molecule has 0 aromatic carbocycles. The molecule has 0 unspecified atom stereocenters. The summed E-state index contributed by atoms with van der Waals surface area (Å²) in [6.45, 7) is 0. The second kappa shape index (κ2) is 2.77. The van der Waals surface area contributed by atoms with E-state index in [1.165, 1.54) is 0 Å². The minimum absolute atomic E-state index is 0.859. The summed E-state index contributed by atoms with van der Waals surface area (Å²) in [7, 11) is 1.84. The fourth-order valence-corrected chi connectivity index (χ4v) is 1.01. The van der Waals surface area contributed by atoms with Gasteiger partial charge in [-0.25, -0.2) is 0 Å². The lowest BCUT2D eigenvalue weighted by Crippen LogP contribution is -1.89. The first-order chi connectivity index (χ1) is 5.86. The molecule has 0 N–H and O–H groups in total. The molecule has 0 saturated heterocycles. The Morgan fingerprint density at radius 3 is 2.83 bits per heavy atom. The Morgan fingerprint density at radius 1 is 1.33 bits per heavy atom. The van der Waals surface area contributed by atoms with Crippen molar-refractivity contribution < 1.29 is 0 Å². The normalized spacial score (nSPS) is 10.1. The first-order valence-corrected chi connectivity index (χ1v) is 3.69. The second-order valence-electron chi connectivity index (χ2n) is 2.50. The smallest absolute Gasteiger partial charge is 0.111 e. The highest BCUT2D eigenvalue weighted by atomic mass is 15.2. The van der Waals surface area contributed by atoms with Gasteiger partial charge in [0.25, 0.3) is 0 Å². The van der Waals surface area contributed by atoms with Crippen LogP contribution in [0.1, 0.15) is 0 Å². The maximum absolute atomic E-state index is 4.18. The highest BCUT2D eigenvalue weighted by Gasteiger charge is 1.99. The van der Waals surface area contributed by atoms with E-state index >= 15 is 0 Å². The molecule has 0 amide bonds. The van der Waals surface area contributed by atoms with Crippen molar-refractivity contribution in [2.45, 2.75) is 0 Å². The molecule has 12 heavy (non-hydrogen) atoms. The summed E-state index contributed by atoms with van der Waals surface area (Å²) in [5.41, 5.74) is 1.74. The third kappa shape index (κ3) is 1.21. The van der Waals surface area contributed by atoms with Crippen molar-refractivity contribution >= 4 is 0 Å². The zero-order chi connectivity index (χ0) is 8.39. The van der Waals surface area contributed by atoms with Crippen LogP contribution in [-0.4, -0.2) is 14.8 Å². The van der Waals surface area contributed by atoms with Gasteiger partial charge in [-0.05, 0) is 18.2 Å². The van der Waals surface area contributed by atoms with E-state index in [-0.39, 0.29) is 0 Å². The number of aryl methyl sites for hydroxylation is 1. The molecule has 1 radical (unpaired) electrons. The van der Waals surface area contributed by atoms with Crippen LogP contribution >= 0.6 is 0 Å². The molecule has 2 rings (SSSR count). The molecule has 59 valence electrons. The van der Waals surface area contributed by atoms with Crippen LogP contribution in [0, 0.1) is 6.20 Å². The van der Waals surface area contributed by atoms with Gasteiger partial charge in [0.1, 0.15) is 5.69 Å². The van der Waals surface area contributed by atoms with Gasteiger partial charge in [0.15, 0.2) is 0 Å². The van der Waals surface area contributed by atoms with E-state index < -0.39 is 0 Å². The first-order valence-electron chi connectivity index (χ1n) is 3.69. The molecule has 0 aliphatic heterocycles. The summed E-state index contributed by atoms with van der Waals surface area (Å²) in [5.74, 6) is 0. The Hall–Kier alpha value is -1.64. The third-order valence-electron chi connectivity index (χ3n) is 1.57. The number of nitrogens with zero attached hydrogens (tertiary/aromatic N) is 3. The van der Waals surface area contributed by atoms with Gasteiger partial charge in [-0.3, -0.25) is 9.67 Å². The highest BCUT2D eigenvalue weighted by molar-refractivity contribution is 5.52. The van der Waals surface area contributed by atoms with Crippen molar-refractivity contribution in [2.75, 3.05) is 0 Å². The van der Waals surface area contributed by atoms with Crippen LogP contribution < -0.4 is 0 Å². The van der Waals surface area contributed by atoms with Crippen molar-refractivity contribution in [3.05, 3.63) is 36.7 Å². The molecular formula is C9H8N3. The van der Waals surface area contributed by atoms with E-state index in [4.69, 9.17) is 0 Å². The fraction of sp³-hybridized carbons (Fsp3) is 0.111. The van der Waals surface area contributed by atoms with Crippen LogP contribution in [0.25, 0.3) is 11.4 Å². The van der Waals surface area contributed by atoms with Crippen molar-refractivity contribution in [1.82, 2.24) is 14.8 Å². The lowest BCUT2D eigenvalue weighted by molar-refractivity contribution is 0.764. The van der Waals surface area contributed by atoms with Crippen LogP contribution in [0.4, 0.5) is 0 Å². The predicted octanol–water partition coefficient (Wildman–Crippen LogP) is 1.28. The molecule has 0 aliphatic carbocycles. The Bertz CT molecular complexity index is 364. The fourth-order valence-electron chi connectivity index (χ4n) is 1.01. The summed E-state index contributed by atoms with van der Waals surface area (Å²) >= 11 is 0. The SMILES string of the molecule is Cn1[c]cc(-c2ccccn2)n1. The maximum atomic E-state index is 4.18. The predicted molar refractivity (Wildman–Crippen MR) is 45.3 cm³/mol. The lowest BCUT2D eigenvalue weighted by atomic mass is 10.3. The molecule has 0 atom stereocenters. The van der Waals surface area contributed by atoms with Crippen molar-refractivity contribution in [2.24, 2.45) is 7.05 Å². The van der Waals surface area contributed by atoms with Gasteiger partial charge in [-0.2, -0.15) is 5.10 Å². The number of rotatable bonds is 1. The number of hydrogen-bond acceptors (Lipinski definition) is 2. The van der Waals surface area contributed by atoms with Gasteiger partial charge < -0.3 is 0 Å². The molecule has 0 saturated carbocycles. The number of pyridine rings is 1. The van der Waals surface area contributed by atoms with E-state index in [1.54, 1.807) is 10.9 Å². The molecule has 0 aliphatic rings. The van der Waals surface area contributed by atoms with Crippen LogP contribution in [0.5, 0.6) is 0 Å². The topological polar surface area (TPSA) is 30.7 Å². The number of hydrogen-bond donors (Lipinski definition) is 0. The van der Waals surface area contributed by atoms with Gasteiger partial charge in [-0.15, -0.1) is 0 Å². The summed E-state index contributed by atoms with van der Waals surface area (Å²) in [6, 6.07) is 7.58. The van der Waals surface area contributed by atoms with E-state index in [2.05, 4.69) is 16.3 Å². The van der Waals surface area contributed by atoms with Crippen molar-refractivity contribution in [3.63, 3.8) is 0 Å². The van der Waals surface area contributed by atoms with E-state index in [0.717, 1.165) is 11.4 Å². The summed E-state index contributed by atoms with van der Waals surface area (Å²) in [6.07, 6.45) is 4.69. The molecule has 0 spiro atoms. The molecule has 3 nitrogen and oxygen atoms in total. The molecule has 3 heteroatoms. The highest BCUT2D eigenvalue weighted by Crippen LogP contribution is 2.11. The summed E-state index contributed by atoms with van der Waals surface area (Å²) in [4.78, 5) is 4.17. The molecule has 0 bridgehead atoms. The average molecular weight is 158 g/mol. The molecular weight excluding hydrogens is 150 g/mol. The minimum atomic E-state index is 0.859. The molecule has 2 aromatic rings. The lowest BCUT2D eigenvalue weighted by Gasteiger charge is -1.92. The van der Waals surface area contributed by atoms with E-state index in [9.17, 15) is 0 Å². The zero-order valence-electron chi connectivity index (χ0n) is 6.73. The Balaban J connectivity index is 2.45. The van der Waals surface area contributed by atoms with E-state index in [0.29, 0.717) is 0 Å². The van der Waals surface area contributed by atoms with E-state index in [1.807, 2.05) is 31.3 Å². The van der Waals surface area contributed by atoms with Gasteiger partial charge in [0.05, 0.1) is 11.9 Å². The average Bonchev–Trinajstić information content (AvgIpc) is 2.54. The van der Waals surface area contributed by atoms with Gasteiger partial charge in [0.2, 0.25) is 0 Å². The summed E-state index contributed by atoms with van der Waals surface area (Å²) in [5, 5.41) is 4.18. The number of aromatic nitrogens is 3. The van der Waals surface area contributed by atoms with Crippen molar-refractivity contribution in [3.8, 4) is 11.4 Å². The van der Waals surface area contributed by atoms with Crippen LogP contribution in [0.2, 0.25) is 0 Å². The Morgan fingerprint density at radius 2 is 2.25 bits per heavy atom. The second-order valence-corrected chi connectivity index (χ2v) is 2.50. The van der Waals surface area contributed by atoms with Gasteiger partial charge in [-0.1, -0.05) is 6.07 Å². The van der Waals surface area contributed by atoms with Gasteiger partial charge >= 0.3 is 0 Å². The van der Waals surface area contributed by atoms with Crippen LogP contribution in [0.3, 0.4) is 0 Å². The van der Waals surface area contributed by atoms with Crippen LogP contribution in [-0.2, 0) is 7.05 Å². The quantitative estimate of drug-likeness (QED) is 0.626. The van der Waals surface area contributed by atoms with Gasteiger partial charge in [0, 0.05) is 13.2 Å². The van der Waals surface area contributed by atoms with Crippen LogP contribution in [0.15, 0.2) is 30.5 Å². The zero-order valence-corrected chi connectivity index (χ0v) is 6.73. The standard InChI is InChI=1S/C9H8N3/c1-12-7-5-9(11-12)8-4-2-3-6-10-8/h2-6H,1H3. The third-order valence-corrected chi connectivity index (χ3v) is 1.57. The Kier molecular flexibility index (Phi) is 1.63. The summed E-state index contributed by atoms with van der Waals surface area (Å²) < 4.78 is 1.64. The molecule has 2 heterocycles. The molecule has 2 aromatic heterocycles. The van der Waals surface area contributed by atoms with Crippen molar-refractivity contribution in [1.29, 1.82) is 0 Å². The minimum Gasteiger partial charge on any atom is -0.266 e. The largest absolute Gasteiger partial charge is 0.266 e. The molecule has 0 fully saturated rings. The Labute approximate surface area is 70.7 Å². The first kappa shape index (κ1) is 7.03.